The zero-order valence-corrected chi connectivity index (χ0v) is 12.9. The molecule has 6 nitrogen and oxygen atoms in total. The van der Waals surface area contributed by atoms with Gasteiger partial charge in [0.15, 0.2) is 0 Å². The van der Waals surface area contributed by atoms with Gasteiger partial charge in [-0.3, -0.25) is 9.59 Å². The molecule has 1 aromatic rings. The first-order valence-electron chi connectivity index (χ1n) is 6.82. The fourth-order valence-electron chi connectivity index (χ4n) is 1.82. The second-order valence-corrected chi connectivity index (χ2v) is 4.70. The Morgan fingerprint density at radius 1 is 1.40 bits per heavy atom. The van der Waals surface area contributed by atoms with Crippen molar-refractivity contribution in [3.8, 4) is 0 Å². The van der Waals surface area contributed by atoms with E-state index < -0.39 is 0 Å². The molecular weight excluding hydrogens is 280 g/mol. The fourth-order valence-corrected chi connectivity index (χ4v) is 2.03. The van der Waals surface area contributed by atoms with Gasteiger partial charge in [-0.15, -0.1) is 0 Å². The van der Waals surface area contributed by atoms with Crippen LogP contribution in [0.2, 0.25) is 5.02 Å². The predicted molar refractivity (Wildman–Crippen MR) is 80.2 cm³/mol. The van der Waals surface area contributed by atoms with E-state index in [9.17, 15) is 9.59 Å². The Balaban J connectivity index is 2.77. The quantitative estimate of drug-likeness (QED) is 0.830. The molecule has 7 heteroatoms. The van der Waals surface area contributed by atoms with Crippen molar-refractivity contribution < 1.29 is 4.79 Å². The van der Waals surface area contributed by atoms with E-state index in [0.29, 0.717) is 25.3 Å². The Labute approximate surface area is 123 Å². The van der Waals surface area contributed by atoms with Gasteiger partial charge in [0.25, 0.3) is 5.56 Å². The summed E-state index contributed by atoms with van der Waals surface area (Å²) < 4.78 is 1.32. The van der Waals surface area contributed by atoms with Crippen LogP contribution in [0.15, 0.2) is 11.0 Å². The van der Waals surface area contributed by atoms with Gasteiger partial charge in [-0.25, -0.2) is 4.68 Å². The highest BCUT2D eigenvalue weighted by Gasteiger charge is 2.12. The number of rotatable bonds is 7. The van der Waals surface area contributed by atoms with Crippen molar-refractivity contribution in [3.05, 3.63) is 21.6 Å². The molecule has 0 spiro atoms. The van der Waals surface area contributed by atoms with Crippen LogP contribution < -0.4 is 10.9 Å². The molecule has 0 unspecified atom stereocenters. The van der Waals surface area contributed by atoms with E-state index >= 15 is 0 Å². The van der Waals surface area contributed by atoms with Crippen LogP contribution >= 0.6 is 11.6 Å². The van der Waals surface area contributed by atoms with E-state index in [1.165, 1.54) is 10.9 Å². The third kappa shape index (κ3) is 3.96. The maximum atomic E-state index is 11.9. The number of halogens is 1. The highest BCUT2D eigenvalue weighted by molar-refractivity contribution is 6.33. The monoisotopic (exact) mass is 300 g/mol. The number of likely N-dealkylation sites (N-methyl/N-ethyl adjacent to an activating group) is 1. The number of aromatic nitrogens is 2. The summed E-state index contributed by atoms with van der Waals surface area (Å²) in [5.74, 6) is -0.0381. The Kier molecular flexibility index (Phi) is 6.51. The molecular formula is C13H21ClN4O2. The predicted octanol–water partition coefficient (Wildman–Crippen LogP) is 1.59. The molecule has 112 valence electrons. The van der Waals surface area contributed by atoms with Crippen molar-refractivity contribution in [1.82, 2.24) is 14.7 Å². The third-order valence-corrected chi connectivity index (χ3v) is 3.33. The molecule has 0 atom stereocenters. The summed E-state index contributed by atoms with van der Waals surface area (Å²) in [6.45, 7) is 7.72. The molecule has 1 heterocycles. The molecule has 0 fully saturated rings. The maximum Gasteiger partial charge on any atom is 0.287 e. The SMILES string of the molecule is CCCn1ncc(NCC(=O)N(CC)CC)c(Cl)c1=O. The molecule has 0 aliphatic rings. The Morgan fingerprint density at radius 2 is 2.05 bits per heavy atom. The number of carbonyl (C=O) groups excluding carboxylic acids is 1. The number of amides is 1. The molecule has 0 aliphatic carbocycles. The Bertz CT molecular complexity index is 512. The normalized spacial score (nSPS) is 10.4. The Morgan fingerprint density at radius 3 is 2.60 bits per heavy atom. The lowest BCUT2D eigenvalue weighted by atomic mass is 10.4. The first-order valence-corrected chi connectivity index (χ1v) is 7.20. The zero-order valence-electron chi connectivity index (χ0n) is 12.1. The molecule has 1 N–H and O–H groups in total. The number of anilines is 1. The van der Waals surface area contributed by atoms with Gasteiger partial charge >= 0.3 is 0 Å². The lowest BCUT2D eigenvalue weighted by Crippen LogP contribution is -2.35. The second kappa shape index (κ2) is 7.89. The lowest BCUT2D eigenvalue weighted by molar-refractivity contribution is -0.128. The van der Waals surface area contributed by atoms with Crippen LogP contribution in [0, 0.1) is 0 Å². The van der Waals surface area contributed by atoms with E-state index in [0.717, 1.165) is 6.42 Å². The second-order valence-electron chi connectivity index (χ2n) is 4.32. The van der Waals surface area contributed by atoms with Crippen molar-refractivity contribution in [2.45, 2.75) is 33.7 Å². The van der Waals surface area contributed by atoms with Crippen LogP contribution in [0.5, 0.6) is 0 Å². The molecule has 1 amide bonds. The number of hydrogen-bond donors (Lipinski definition) is 1. The highest BCUT2D eigenvalue weighted by atomic mass is 35.5. The van der Waals surface area contributed by atoms with Crippen molar-refractivity contribution in [3.63, 3.8) is 0 Å². The average Bonchev–Trinajstić information content (AvgIpc) is 2.44. The molecule has 0 saturated heterocycles. The highest BCUT2D eigenvalue weighted by Crippen LogP contribution is 2.14. The van der Waals surface area contributed by atoms with E-state index in [1.54, 1.807) is 4.90 Å². The molecule has 1 rings (SSSR count). The van der Waals surface area contributed by atoms with Crippen molar-refractivity contribution in [2.24, 2.45) is 0 Å². The van der Waals surface area contributed by atoms with Gasteiger partial charge in [-0.05, 0) is 20.3 Å². The van der Waals surface area contributed by atoms with Crippen LogP contribution in [0.4, 0.5) is 5.69 Å². The van der Waals surface area contributed by atoms with E-state index in [1.807, 2.05) is 20.8 Å². The number of nitrogens with one attached hydrogen (secondary N) is 1. The number of aryl methyl sites for hydroxylation is 1. The summed E-state index contributed by atoms with van der Waals surface area (Å²) in [5.41, 5.74) is 0.0540. The van der Waals surface area contributed by atoms with Crippen molar-refractivity contribution in [1.29, 1.82) is 0 Å². The van der Waals surface area contributed by atoms with Crippen LogP contribution in [0.3, 0.4) is 0 Å². The van der Waals surface area contributed by atoms with Gasteiger partial charge in [-0.2, -0.15) is 5.10 Å². The molecule has 1 aromatic heterocycles. The van der Waals surface area contributed by atoms with Crippen LogP contribution in [0.1, 0.15) is 27.2 Å². The standard InChI is InChI=1S/C13H21ClN4O2/c1-4-7-18-13(20)12(14)10(8-16-18)15-9-11(19)17(5-2)6-3/h8,15H,4-7,9H2,1-3H3. The van der Waals surface area contributed by atoms with Gasteiger partial charge < -0.3 is 10.2 Å². The van der Waals surface area contributed by atoms with Crippen LogP contribution in [-0.4, -0.2) is 40.2 Å². The van der Waals surface area contributed by atoms with Gasteiger partial charge in [0.2, 0.25) is 5.91 Å². The summed E-state index contributed by atoms with van der Waals surface area (Å²) >= 11 is 6.00. The smallest absolute Gasteiger partial charge is 0.287 e. The van der Waals surface area contributed by atoms with Gasteiger partial charge in [-0.1, -0.05) is 18.5 Å². The molecule has 20 heavy (non-hydrogen) atoms. The third-order valence-electron chi connectivity index (χ3n) is 2.97. The fraction of sp³-hybridized carbons (Fsp3) is 0.615. The summed E-state index contributed by atoms with van der Waals surface area (Å²) in [4.78, 5) is 25.5. The molecule has 0 aromatic carbocycles. The van der Waals surface area contributed by atoms with Crippen molar-refractivity contribution in [2.75, 3.05) is 25.0 Å². The summed E-state index contributed by atoms with van der Waals surface area (Å²) in [6.07, 6.45) is 2.28. The number of hydrogen-bond acceptors (Lipinski definition) is 4. The summed E-state index contributed by atoms with van der Waals surface area (Å²) in [6, 6.07) is 0. The first-order chi connectivity index (χ1) is 9.54. The zero-order chi connectivity index (χ0) is 15.1. The number of nitrogens with zero attached hydrogens (tertiary/aromatic N) is 3. The average molecular weight is 301 g/mol. The van der Waals surface area contributed by atoms with Gasteiger partial charge in [0.1, 0.15) is 5.02 Å². The van der Waals surface area contributed by atoms with E-state index in [-0.39, 0.29) is 23.0 Å². The van der Waals surface area contributed by atoms with Crippen LogP contribution in [-0.2, 0) is 11.3 Å². The minimum absolute atomic E-state index is 0.0381. The van der Waals surface area contributed by atoms with E-state index in [4.69, 9.17) is 11.6 Å². The summed E-state index contributed by atoms with van der Waals surface area (Å²) in [5, 5.41) is 6.97. The maximum absolute atomic E-state index is 11.9. The first kappa shape index (κ1) is 16.5. The minimum Gasteiger partial charge on any atom is -0.373 e. The largest absolute Gasteiger partial charge is 0.373 e. The van der Waals surface area contributed by atoms with Gasteiger partial charge in [0, 0.05) is 19.6 Å². The molecule has 0 saturated carbocycles. The van der Waals surface area contributed by atoms with Crippen molar-refractivity contribution >= 4 is 23.2 Å². The van der Waals surface area contributed by atoms with E-state index in [2.05, 4.69) is 10.4 Å². The number of carbonyl (C=O) groups is 1. The lowest BCUT2D eigenvalue weighted by Gasteiger charge is -2.19. The summed E-state index contributed by atoms with van der Waals surface area (Å²) in [7, 11) is 0. The molecule has 0 aliphatic heterocycles. The van der Waals surface area contributed by atoms with Gasteiger partial charge in [0.05, 0.1) is 18.4 Å². The topological polar surface area (TPSA) is 67.2 Å². The molecule has 0 radical (unpaired) electrons. The Hall–Kier alpha value is -1.56. The van der Waals surface area contributed by atoms with Crippen LogP contribution in [0.25, 0.3) is 0 Å². The minimum atomic E-state index is -0.339. The molecule has 0 bridgehead atoms.